The molecule has 1 saturated carbocycles. The van der Waals surface area contributed by atoms with Crippen LogP contribution < -0.4 is 0 Å². The van der Waals surface area contributed by atoms with Gasteiger partial charge >= 0.3 is 0 Å². The van der Waals surface area contributed by atoms with E-state index >= 15 is 0 Å². The van der Waals surface area contributed by atoms with E-state index in [0.717, 1.165) is 25.7 Å². The Balaban J connectivity index is 2.45. The standard InChI is InChI=1S/C12H21Cl3/c1-2-3-7-10(13)11(14)12(15)8-5-4-6-9-12/h10-11H,2-9H2,1H3. The normalized spacial score (nSPS) is 24.8. The van der Waals surface area contributed by atoms with Crippen LogP contribution in [0.3, 0.4) is 0 Å². The molecule has 2 atom stereocenters. The molecule has 0 aromatic heterocycles. The quantitative estimate of drug-likeness (QED) is 0.593. The summed E-state index contributed by atoms with van der Waals surface area (Å²) in [6.07, 6.45) is 9.04. The van der Waals surface area contributed by atoms with E-state index in [1.807, 2.05) is 0 Å². The smallest absolute Gasteiger partial charge is 0.0691 e. The summed E-state index contributed by atoms with van der Waals surface area (Å²) < 4.78 is 0. The topological polar surface area (TPSA) is 0 Å². The predicted octanol–water partition coefficient (Wildman–Crippen LogP) is 5.33. The fourth-order valence-electron chi connectivity index (χ4n) is 2.28. The number of halogens is 3. The molecule has 0 heterocycles. The van der Waals surface area contributed by atoms with Gasteiger partial charge in [0, 0.05) is 0 Å². The molecule has 1 rings (SSSR count). The first-order chi connectivity index (χ1) is 7.10. The van der Waals surface area contributed by atoms with Crippen LogP contribution in [0, 0.1) is 0 Å². The molecule has 0 amide bonds. The molecule has 0 spiro atoms. The molecule has 3 heteroatoms. The van der Waals surface area contributed by atoms with Crippen LogP contribution in [0.4, 0.5) is 0 Å². The van der Waals surface area contributed by atoms with Crippen molar-refractivity contribution in [3.63, 3.8) is 0 Å². The molecular weight excluding hydrogens is 250 g/mol. The molecular formula is C12H21Cl3. The summed E-state index contributed by atoms with van der Waals surface area (Å²) in [5.74, 6) is 0. The lowest BCUT2D eigenvalue weighted by Gasteiger charge is -2.37. The molecule has 0 nitrogen and oxygen atoms in total. The second-order valence-corrected chi connectivity index (χ2v) is 6.44. The molecule has 1 aliphatic carbocycles. The first kappa shape index (κ1) is 13.9. The number of unbranched alkanes of at least 4 members (excludes halogenated alkanes) is 1. The summed E-state index contributed by atoms with van der Waals surface area (Å²) in [5.41, 5.74) is 0. The van der Waals surface area contributed by atoms with E-state index in [4.69, 9.17) is 34.8 Å². The fraction of sp³-hybridized carbons (Fsp3) is 1.00. The van der Waals surface area contributed by atoms with Crippen molar-refractivity contribution in [3.05, 3.63) is 0 Å². The zero-order valence-electron chi connectivity index (χ0n) is 9.45. The van der Waals surface area contributed by atoms with Gasteiger partial charge in [0.2, 0.25) is 0 Å². The van der Waals surface area contributed by atoms with E-state index in [0.29, 0.717) is 0 Å². The molecule has 2 unspecified atom stereocenters. The molecule has 15 heavy (non-hydrogen) atoms. The Labute approximate surface area is 109 Å². The SMILES string of the molecule is CCCCC(Cl)C(Cl)C1(Cl)CCCCC1. The van der Waals surface area contributed by atoms with Crippen LogP contribution in [0.25, 0.3) is 0 Å². The van der Waals surface area contributed by atoms with Gasteiger partial charge in [0.25, 0.3) is 0 Å². The van der Waals surface area contributed by atoms with E-state index < -0.39 is 0 Å². The van der Waals surface area contributed by atoms with Gasteiger partial charge < -0.3 is 0 Å². The third-order valence-corrected chi connectivity index (χ3v) is 5.38. The van der Waals surface area contributed by atoms with E-state index in [2.05, 4.69) is 6.92 Å². The molecule has 0 N–H and O–H groups in total. The van der Waals surface area contributed by atoms with E-state index in [1.54, 1.807) is 0 Å². The Bertz CT molecular complexity index is 176. The maximum Gasteiger partial charge on any atom is 0.0691 e. The van der Waals surface area contributed by atoms with Gasteiger partial charge in [-0.05, 0) is 19.3 Å². The summed E-state index contributed by atoms with van der Waals surface area (Å²) in [5, 5.41) is -0.0464. The van der Waals surface area contributed by atoms with Gasteiger partial charge in [-0.3, -0.25) is 0 Å². The average molecular weight is 272 g/mol. The summed E-state index contributed by atoms with van der Waals surface area (Å²) in [4.78, 5) is -0.236. The van der Waals surface area contributed by atoms with Gasteiger partial charge in [0.05, 0.1) is 15.6 Å². The van der Waals surface area contributed by atoms with Gasteiger partial charge in [-0.2, -0.15) is 0 Å². The van der Waals surface area contributed by atoms with Crippen molar-refractivity contribution in [2.45, 2.75) is 73.9 Å². The monoisotopic (exact) mass is 270 g/mol. The summed E-state index contributed by atoms with van der Waals surface area (Å²) in [6.45, 7) is 2.17. The Hall–Kier alpha value is 0.870. The lowest BCUT2D eigenvalue weighted by atomic mass is 9.84. The maximum absolute atomic E-state index is 6.58. The molecule has 0 aromatic rings. The highest BCUT2D eigenvalue weighted by Gasteiger charge is 2.40. The van der Waals surface area contributed by atoms with Crippen LogP contribution in [0.2, 0.25) is 0 Å². The Morgan fingerprint density at radius 3 is 2.27 bits per heavy atom. The van der Waals surface area contributed by atoms with Crippen molar-refractivity contribution in [2.75, 3.05) is 0 Å². The second kappa shape index (κ2) is 6.57. The Morgan fingerprint density at radius 1 is 1.13 bits per heavy atom. The minimum Gasteiger partial charge on any atom is -0.121 e. The van der Waals surface area contributed by atoms with Gasteiger partial charge in [0.15, 0.2) is 0 Å². The van der Waals surface area contributed by atoms with Crippen molar-refractivity contribution in [3.8, 4) is 0 Å². The largest absolute Gasteiger partial charge is 0.121 e. The van der Waals surface area contributed by atoms with Gasteiger partial charge in [-0.25, -0.2) is 0 Å². The molecule has 0 saturated heterocycles. The van der Waals surface area contributed by atoms with E-state index in [1.165, 1.54) is 25.7 Å². The number of hydrogen-bond donors (Lipinski definition) is 0. The molecule has 0 radical (unpaired) electrons. The van der Waals surface area contributed by atoms with Crippen molar-refractivity contribution in [1.82, 2.24) is 0 Å². The highest BCUT2D eigenvalue weighted by Crippen LogP contribution is 2.42. The minimum atomic E-state index is -0.236. The van der Waals surface area contributed by atoms with Crippen molar-refractivity contribution in [2.24, 2.45) is 0 Å². The minimum absolute atomic E-state index is 0.0298. The second-order valence-electron chi connectivity index (χ2n) is 4.66. The molecule has 0 aliphatic heterocycles. The summed E-state index contributed by atoms with van der Waals surface area (Å²) >= 11 is 19.3. The lowest BCUT2D eigenvalue weighted by molar-refractivity contribution is 0.365. The third-order valence-electron chi connectivity index (χ3n) is 3.33. The van der Waals surface area contributed by atoms with Crippen molar-refractivity contribution >= 4 is 34.8 Å². The maximum atomic E-state index is 6.58. The summed E-state index contributed by atoms with van der Waals surface area (Å²) in [6, 6.07) is 0. The fourth-order valence-corrected chi connectivity index (χ4v) is 3.51. The molecule has 0 bridgehead atoms. The van der Waals surface area contributed by atoms with Gasteiger partial charge in [-0.15, -0.1) is 34.8 Å². The highest BCUT2D eigenvalue weighted by molar-refractivity contribution is 6.36. The first-order valence-electron chi connectivity index (χ1n) is 6.07. The number of rotatable bonds is 5. The molecule has 90 valence electrons. The van der Waals surface area contributed by atoms with Gasteiger partial charge in [-0.1, -0.05) is 39.0 Å². The first-order valence-corrected chi connectivity index (χ1v) is 7.32. The number of alkyl halides is 3. The molecule has 0 aromatic carbocycles. The zero-order valence-corrected chi connectivity index (χ0v) is 11.7. The van der Waals surface area contributed by atoms with Crippen LogP contribution in [0.15, 0.2) is 0 Å². The van der Waals surface area contributed by atoms with Crippen LogP contribution in [0.5, 0.6) is 0 Å². The van der Waals surface area contributed by atoms with Crippen LogP contribution in [-0.2, 0) is 0 Å². The average Bonchev–Trinajstić information content (AvgIpc) is 2.26. The third kappa shape index (κ3) is 3.98. The molecule has 1 fully saturated rings. The summed E-state index contributed by atoms with van der Waals surface area (Å²) in [7, 11) is 0. The molecule has 1 aliphatic rings. The Morgan fingerprint density at radius 2 is 1.73 bits per heavy atom. The van der Waals surface area contributed by atoms with E-state index in [-0.39, 0.29) is 15.6 Å². The lowest BCUT2D eigenvalue weighted by Crippen LogP contribution is -2.40. The van der Waals surface area contributed by atoms with Crippen molar-refractivity contribution < 1.29 is 0 Å². The zero-order chi connectivity index (χ0) is 11.3. The van der Waals surface area contributed by atoms with Crippen LogP contribution in [-0.4, -0.2) is 15.6 Å². The highest BCUT2D eigenvalue weighted by atomic mass is 35.5. The van der Waals surface area contributed by atoms with E-state index in [9.17, 15) is 0 Å². The Kier molecular flexibility index (Phi) is 6.10. The van der Waals surface area contributed by atoms with Gasteiger partial charge in [0.1, 0.15) is 0 Å². The van der Waals surface area contributed by atoms with Crippen LogP contribution in [0.1, 0.15) is 58.3 Å². The number of hydrogen-bond acceptors (Lipinski definition) is 0. The predicted molar refractivity (Wildman–Crippen MR) is 70.5 cm³/mol. The van der Waals surface area contributed by atoms with Crippen LogP contribution >= 0.6 is 34.8 Å². The van der Waals surface area contributed by atoms with Crippen molar-refractivity contribution in [1.29, 1.82) is 0 Å².